The second kappa shape index (κ2) is 4.52. The van der Waals surface area contributed by atoms with E-state index in [4.69, 9.17) is 0 Å². The van der Waals surface area contributed by atoms with Crippen LogP contribution in [0.4, 0.5) is 15.8 Å². The molecule has 2 aliphatic rings. The molecule has 19 heavy (non-hydrogen) atoms. The first-order valence-electron chi connectivity index (χ1n) is 6.11. The van der Waals surface area contributed by atoms with E-state index >= 15 is 0 Å². The van der Waals surface area contributed by atoms with Gasteiger partial charge in [-0.05, 0) is 6.07 Å². The molecule has 6 heteroatoms. The average molecular weight is 280 g/mol. The lowest BCUT2D eigenvalue weighted by molar-refractivity contribution is -0.122. The highest BCUT2D eigenvalue weighted by Gasteiger charge is 2.30. The quantitative estimate of drug-likeness (QED) is 0.739. The van der Waals surface area contributed by atoms with Gasteiger partial charge in [0, 0.05) is 43.1 Å². The van der Waals surface area contributed by atoms with Crippen LogP contribution in [0.25, 0.3) is 0 Å². The lowest BCUT2D eigenvalue weighted by Crippen LogP contribution is -2.44. The van der Waals surface area contributed by atoms with Crippen LogP contribution in [0.2, 0.25) is 0 Å². The molecule has 0 saturated carbocycles. The van der Waals surface area contributed by atoms with Crippen LogP contribution in [-0.2, 0) is 9.59 Å². The van der Waals surface area contributed by atoms with Crippen molar-refractivity contribution in [3.05, 3.63) is 17.9 Å². The van der Waals surface area contributed by atoms with Gasteiger partial charge in [-0.15, -0.1) is 11.8 Å². The minimum absolute atomic E-state index is 0.0153. The normalized spacial score (nSPS) is 19.1. The maximum Gasteiger partial charge on any atom is 0.228 e. The fourth-order valence-corrected chi connectivity index (χ4v) is 3.27. The molecule has 0 radical (unpaired) electrons. The molecule has 2 aliphatic heterocycles. The lowest BCUT2D eigenvalue weighted by Gasteiger charge is -2.31. The summed E-state index contributed by atoms with van der Waals surface area (Å²) in [5, 5.41) is 0. The van der Waals surface area contributed by atoms with Crippen molar-refractivity contribution in [2.45, 2.75) is 17.7 Å². The molecular weight excluding hydrogens is 267 g/mol. The Kier molecular flexibility index (Phi) is 2.97. The number of fused-ring (bicyclic) bond motifs is 1. The Labute approximate surface area is 114 Å². The Morgan fingerprint density at radius 2 is 1.95 bits per heavy atom. The van der Waals surface area contributed by atoms with Gasteiger partial charge in [0.15, 0.2) is 0 Å². The van der Waals surface area contributed by atoms with Crippen molar-refractivity contribution >= 4 is 35.0 Å². The maximum atomic E-state index is 14.1. The molecule has 2 amide bonds. The summed E-state index contributed by atoms with van der Waals surface area (Å²) < 4.78 is 14.1. The van der Waals surface area contributed by atoms with Gasteiger partial charge >= 0.3 is 0 Å². The number of β-lactam (4-membered cyclic amide) rings is 1. The van der Waals surface area contributed by atoms with Gasteiger partial charge in [0.2, 0.25) is 11.8 Å². The Morgan fingerprint density at radius 1 is 1.16 bits per heavy atom. The van der Waals surface area contributed by atoms with E-state index in [2.05, 4.69) is 0 Å². The lowest BCUT2D eigenvalue weighted by atomic mass is 10.1. The van der Waals surface area contributed by atoms with Crippen LogP contribution in [0.15, 0.2) is 17.0 Å². The molecule has 0 spiro atoms. The van der Waals surface area contributed by atoms with E-state index in [1.165, 1.54) is 27.6 Å². The fourth-order valence-electron chi connectivity index (χ4n) is 2.24. The molecule has 0 atom stereocenters. The largest absolute Gasteiger partial charge is 0.314 e. The van der Waals surface area contributed by atoms with Crippen LogP contribution in [-0.4, -0.2) is 31.2 Å². The summed E-state index contributed by atoms with van der Waals surface area (Å²) in [7, 11) is 1.65. The first kappa shape index (κ1) is 12.5. The second-order valence-electron chi connectivity index (χ2n) is 4.62. The smallest absolute Gasteiger partial charge is 0.228 e. The maximum absolute atomic E-state index is 14.1. The summed E-state index contributed by atoms with van der Waals surface area (Å²) in [5.74, 6) is 0.157. The third-order valence-corrected chi connectivity index (χ3v) is 4.52. The predicted molar refractivity (Wildman–Crippen MR) is 72.1 cm³/mol. The number of carbonyl (C=O) groups is 2. The minimum Gasteiger partial charge on any atom is -0.314 e. The van der Waals surface area contributed by atoms with Crippen LogP contribution in [0, 0.1) is 5.82 Å². The average Bonchev–Trinajstić information content (AvgIpc) is 2.50. The number of benzene rings is 1. The summed E-state index contributed by atoms with van der Waals surface area (Å²) in [6.45, 7) is 0.563. The molecule has 0 aromatic heterocycles. The van der Waals surface area contributed by atoms with E-state index in [0.717, 1.165) is 4.90 Å². The molecule has 0 aliphatic carbocycles. The zero-order chi connectivity index (χ0) is 13.6. The van der Waals surface area contributed by atoms with Gasteiger partial charge < -0.3 is 9.80 Å². The predicted octanol–water partition coefficient (Wildman–Crippen LogP) is 2.02. The van der Waals surface area contributed by atoms with Gasteiger partial charge in [-0.3, -0.25) is 9.59 Å². The first-order valence-corrected chi connectivity index (χ1v) is 7.10. The standard InChI is InChI=1S/C13H13FN2O2S/c1-15-10-6-8(14)9(16-4-2-13(16)18)7-11(10)19-5-3-12(15)17/h6-7H,2-5H2,1H3. The van der Waals surface area contributed by atoms with E-state index in [-0.39, 0.29) is 11.8 Å². The molecule has 2 heterocycles. The van der Waals surface area contributed by atoms with Crippen LogP contribution < -0.4 is 9.80 Å². The van der Waals surface area contributed by atoms with Gasteiger partial charge in [0.1, 0.15) is 5.82 Å². The number of anilines is 2. The molecule has 4 nitrogen and oxygen atoms in total. The number of hydrogen-bond donors (Lipinski definition) is 0. The molecule has 100 valence electrons. The van der Waals surface area contributed by atoms with E-state index in [1.54, 1.807) is 13.1 Å². The summed E-state index contributed by atoms with van der Waals surface area (Å²) >= 11 is 1.53. The van der Waals surface area contributed by atoms with Crippen LogP contribution in [0.1, 0.15) is 12.8 Å². The number of nitrogens with zero attached hydrogens (tertiary/aromatic N) is 2. The van der Waals surface area contributed by atoms with Gasteiger partial charge in [-0.1, -0.05) is 0 Å². The molecule has 0 unspecified atom stereocenters. The Morgan fingerprint density at radius 3 is 2.58 bits per heavy atom. The number of amides is 2. The second-order valence-corrected chi connectivity index (χ2v) is 5.75. The highest BCUT2D eigenvalue weighted by atomic mass is 32.2. The molecule has 0 N–H and O–H groups in total. The van der Waals surface area contributed by atoms with Crippen LogP contribution in [0.3, 0.4) is 0 Å². The first-order chi connectivity index (χ1) is 9.08. The van der Waals surface area contributed by atoms with E-state index in [0.29, 0.717) is 36.5 Å². The minimum atomic E-state index is -0.450. The summed E-state index contributed by atoms with van der Waals surface area (Å²) in [5.41, 5.74) is 0.909. The van der Waals surface area contributed by atoms with Crippen molar-refractivity contribution in [3.8, 4) is 0 Å². The van der Waals surface area contributed by atoms with Crippen molar-refractivity contribution in [1.29, 1.82) is 0 Å². The Bertz CT molecular complexity index is 576. The van der Waals surface area contributed by atoms with Crippen molar-refractivity contribution in [2.24, 2.45) is 0 Å². The number of thioether (sulfide) groups is 1. The van der Waals surface area contributed by atoms with Crippen molar-refractivity contribution < 1.29 is 14.0 Å². The molecule has 1 fully saturated rings. The molecule has 3 rings (SSSR count). The zero-order valence-corrected chi connectivity index (χ0v) is 11.3. The van der Waals surface area contributed by atoms with Gasteiger partial charge in [0.25, 0.3) is 0 Å². The fraction of sp³-hybridized carbons (Fsp3) is 0.385. The van der Waals surface area contributed by atoms with Crippen molar-refractivity contribution in [3.63, 3.8) is 0 Å². The van der Waals surface area contributed by atoms with Crippen molar-refractivity contribution in [1.82, 2.24) is 0 Å². The van der Waals surface area contributed by atoms with Gasteiger partial charge in [-0.25, -0.2) is 4.39 Å². The van der Waals surface area contributed by atoms with Crippen LogP contribution >= 0.6 is 11.8 Å². The third-order valence-electron chi connectivity index (χ3n) is 3.48. The number of hydrogen-bond acceptors (Lipinski definition) is 3. The zero-order valence-electron chi connectivity index (χ0n) is 10.5. The van der Waals surface area contributed by atoms with Crippen LogP contribution in [0.5, 0.6) is 0 Å². The third kappa shape index (κ3) is 2.00. The van der Waals surface area contributed by atoms with Gasteiger partial charge in [0.05, 0.1) is 11.4 Å². The number of carbonyl (C=O) groups excluding carboxylic acids is 2. The topological polar surface area (TPSA) is 40.6 Å². The Balaban J connectivity index is 2.05. The molecule has 1 saturated heterocycles. The van der Waals surface area contributed by atoms with E-state index in [9.17, 15) is 14.0 Å². The molecule has 0 bridgehead atoms. The monoisotopic (exact) mass is 280 g/mol. The summed E-state index contributed by atoms with van der Waals surface area (Å²) in [6.07, 6.45) is 0.914. The van der Waals surface area contributed by atoms with Gasteiger partial charge in [-0.2, -0.15) is 0 Å². The van der Waals surface area contributed by atoms with E-state index in [1.807, 2.05) is 0 Å². The summed E-state index contributed by atoms with van der Waals surface area (Å²) in [6, 6.07) is 3.04. The highest BCUT2D eigenvalue weighted by molar-refractivity contribution is 7.99. The SMILES string of the molecule is CN1C(=O)CCSc2cc(N3CCC3=O)c(F)cc21. The Hall–Kier alpha value is -1.56. The molecular formula is C13H13FN2O2S. The number of halogens is 1. The van der Waals surface area contributed by atoms with Crippen molar-refractivity contribution in [2.75, 3.05) is 29.1 Å². The molecule has 1 aromatic rings. The molecule has 1 aromatic carbocycles. The van der Waals surface area contributed by atoms with E-state index < -0.39 is 5.82 Å². The number of rotatable bonds is 1. The summed E-state index contributed by atoms with van der Waals surface area (Å²) in [4.78, 5) is 27.0. The highest BCUT2D eigenvalue weighted by Crippen LogP contribution is 2.39.